The molecule has 7 nitrogen and oxygen atoms in total. The average Bonchev–Trinajstić information content (AvgIpc) is 2.94. The van der Waals surface area contributed by atoms with E-state index in [-0.39, 0.29) is 18.0 Å². The number of aromatic nitrogens is 3. The van der Waals surface area contributed by atoms with Crippen LogP contribution >= 0.6 is 11.8 Å². The van der Waals surface area contributed by atoms with Gasteiger partial charge in [0.2, 0.25) is 0 Å². The van der Waals surface area contributed by atoms with Crippen molar-refractivity contribution in [2.24, 2.45) is 7.05 Å². The summed E-state index contributed by atoms with van der Waals surface area (Å²) in [5.74, 6) is 0.748. The molecule has 2 aromatic heterocycles. The van der Waals surface area contributed by atoms with Crippen LogP contribution < -0.4 is 5.63 Å². The second-order valence-corrected chi connectivity index (χ2v) is 7.19. The van der Waals surface area contributed by atoms with Crippen LogP contribution in [-0.2, 0) is 28.8 Å². The van der Waals surface area contributed by atoms with Crippen molar-refractivity contribution in [3.63, 3.8) is 0 Å². The van der Waals surface area contributed by atoms with Gasteiger partial charge in [0.1, 0.15) is 17.8 Å². The number of hydrogen-bond acceptors (Lipinski definition) is 7. The van der Waals surface area contributed by atoms with E-state index >= 15 is 0 Å². The lowest BCUT2D eigenvalue weighted by atomic mass is 10.0. The number of benzene rings is 1. The SMILES string of the molecule is CCOC(=O)Cc1nnc(SCc2cc(=O)oc3cc(C)c(C)cc23)n1C. The summed E-state index contributed by atoms with van der Waals surface area (Å²) in [6.45, 7) is 6.11. The van der Waals surface area contributed by atoms with Crippen molar-refractivity contribution >= 4 is 28.7 Å². The van der Waals surface area contributed by atoms with Crippen LogP contribution in [0.15, 0.2) is 32.6 Å². The van der Waals surface area contributed by atoms with Crippen LogP contribution in [0.1, 0.15) is 29.4 Å². The molecule has 0 unspecified atom stereocenters. The van der Waals surface area contributed by atoms with Gasteiger partial charge >= 0.3 is 11.6 Å². The molecule has 2 heterocycles. The molecule has 0 bridgehead atoms. The second-order valence-electron chi connectivity index (χ2n) is 6.25. The molecule has 1 aromatic carbocycles. The Balaban J connectivity index is 1.83. The molecule has 0 spiro atoms. The highest BCUT2D eigenvalue weighted by molar-refractivity contribution is 7.98. The van der Waals surface area contributed by atoms with E-state index in [0.717, 1.165) is 22.1 Å². The minimum atomic E-state index is -0.373. The molecule has 0 saturated carbocycles. The van der Waals surface area contributed by atoms with Gasteiger partial charge in [-0.1, -0.05) is 11.8 Å². The number of fused-ring (bicyclic) bond motifs is 1. The van der Waals surface area contributed by atoms with Gasteiger partial charge in [0.05, 0.1) is 6.61 Å². The fraction of sp³-hybridized carbons (Fsp3) is 0.368. The van der Waals surface area contributed by atoms with E-state index in [1.807, 2.05) is 33.0 Å². The molecule has 0 fully saturated rings. The second kappa shape index (κ2) is 7.96. The van der Waals surface area contributed by atoms with Crippen molar-refractivity contribution in [2.45, 2.75) is 38.1 Å². The van der Waals surface area contributed by atoms with Gasteiger partial charge in [0.25, 0.3) is 0 Å². The predicted octanol–water partition coefficient (Wildman–Crippen LogP) is 2.94. The molecule has 142 valence electrons. The van der Waals surface area contributed by atoms with E-state index in [0.29, 0.717) is 28.9 Å². The molecular formula is C19H21N3O4S. The van der Waals surface area contributed by atoms with Gasteiger partial charge < -0.3 is 13.7 Å². The molecule has 0 radical (unpaired) electrons. The molecule has 0 saturated heterocycles. The van der Waals surface area contributed by atoms with E-state index in [1.165, 1.54) is 17.8 Å². The number of nitrogens with zero attached hydrogens (tertiary/aromatic N) is 3. The third-order valence-corrected chi connectivity index (χ3v) is 5.40. The van der Waals surface area contributed by atoms with Gasteiger partial charge in [-0.05, 0) is 49.6 Å². The van der Waals surface area contributed by atoms with Crippen molar-refractivity contribution in [1.29, 1.82) is 0 Å². The molecule has 0 aliphatic rings. The van der Waals surface area contributed by atoms with Crippen molar-refractivity contribution < 1.29 is 13.9 Å². The van der Waals surface area contributed by atoms with Crippen molar-refractivity contribution in [3.8, 4) is 0 Å². The highest BCUT2D eigenvalue weighted by atomic mass is 32.2. The third kappa shape index (κ3) is 4.21. The van der Waals surface area contributed by atoms with E-state index in [4.69, 9.17) is 9.15 Å². The van der Waals surface area contributed by atoms with Gasteiger partial charge in [0.15, 0.2) is 5.16 Å². The quantitative estimate of drug-likeness (QED) is 0.365. The predicted molar refractivity (Wildman–Crippen MR) is 103 cm³/mol. The maximum atomic E-state index is 11.9. The third-order valence-electron chi connectivity index (χ3n) is 4.33. The first-order valence-electron chi connectivity index (χ1n) is 8.59. The summed E-state index contributed by atoms with van der Waals surface area (Å²) in [4.78, 5) is 23.5. The Hall–Kier alpha value is -2.61. The van der Waals surface area contributed by atoms with Crippen LogP contribution in [0.2, 0.25) is 0 Å². The van der Waals surface area contributed by atoms with Crippen LogP contribution in [-0.4, -0.2) is 27.3 Å². The largest absolute Gasteiger partial charge is 0.466 e. The summed E-state index contributed by atoms with van der Waals surface area (Å²) in [6.07, 6.45) is 0.0776. The lowest BCUT2D eigenvalue weighted by molar-refractivity contribution is -0.142. The van der Waals surface area contributed by atoms with Crippen molar-refractivity contribution in [2.75, 3.05) is 6.61 Å². The Bertz CT molecular complexity index is 1060. The molecule has 0 aliphatic carbocycles. The summed E-state index contributed by atoms with van der Waals surface area (Å²) in [7, 11) is 1.81. The number of hydrogen-bond donors (Lipinski definition) is 0. The first-order valence-corrected chi connectivity index (χ1v) is 9.58. The zero-order chi connectivity index (χ0) is 19.6. The zero-order valence-corrected chi connectivity index (χ0v) is 16.6. The number of carbonyl (C=O) groups excluding carboxylic acids is 1. The fourth-order valence-electron chi connectivity index (χ4n) is 2.71. The number of rotatable bonds is 6. The van der Waals surface area contributed by atoms with Crippen molar-refractivity contribution in [1.82, 2.24) is 14.8 Å². The number of ether oxygens (including phenoxy) is 1. The molecule has 27 heavy (non-hydrogen) atoms. The highest BCUT2D eigenvalue weighted by Crippen LogP contribution is 2.27. The molecule has 3 rings (SSSR count). The molecule has 0 N–H and O–H groups in total. The summed E-state index contributed by atoms with van der Waals surface area (Å²) < 4.78 is 12.1. The minimum absolute atomic E-state index is 0.0776. The lowest BCUT2D eigenvalue weighted by Crippen LogP contribution is -2.11. The van der Waals surface area contributed by atoms with Crippen LogP contribution in [0.4, 0.5) is 0 Å². The Morgan fingerprint density at radius 1 is 1.22 bits per heavy atom. The molecule has 0 atom stereocenters. The van der Waals surface area contributed by atoms with Gasteiger partial charge in [0, 0.05) is 24.3 Å². The molecule has 8 heteroatoms. The minimum Gasteiger partial charge on any atom is -0.466 e. The van der Waals surface area contributed by atoms with Crippen LogP contribution in [0.3, 0.4) is 0 Å². The maximum Gasteiger partial charge on any atom is 0.336 e. The fourth-order valence-corrected chi connectivity index (χ4v) is 3.63. The smallest absolute Gasteiger partial charge is 0.336 e. The normalized spacial score (nSPS) is 11.1. The average molecular weight is 387 g/mol. The Labute approximate surface area is 160 Å². The highest BCUT2D eigenvalue weighted by Gasteiger charge is 2.15. The van der Waals surface area contributed by atoms with Gasteiger partial charge in [-0.3, -0.25) is 4.79 Å². The topological polar surface area (TPSA) is 87.2 Å². The first-order chi connectivity index (χ1) is 12.9. The van der Waals surface area contributed by atoms with Crippen molar-refractivity contribution in [3.05, 3.63) is 51.1 Å². The Morgan fingerprint density at radius 2 is 1.96 bits per heavy atom. The molecule has 0 aliphatic heterocycles. The Morgan fingerprint density at radius 3 is 2.70 bits per heavy atom. The van der Waals surface area contributed by atoms with Gasteiger partial charge in [-0.25, -0.2) is 4.79 Å². The lowest BCUT2D eigenvalue weighted by Gasteiger charge is -2.08. The summed E-state index contributed by atoms with van der Waals surface area (Å²) in [5, 5.41) is 9.79. The molecular weight excluding hydrogens is 366 g/mol. The molecule has 0 amide bonds. The Kier molecular flexibility index (Phi) is 5.65. The summed E-state index contributed by atoms with van der Waals surface area (Å²) in [6, 6.07) is 5.44. The summed E-state index contributed by atoms with van der Waals surface area (Å²) in [5.41, 5.74) is 3.30. The van der Waals surface area contributed by atoms with Gasteiger partial charge in [-0.15, -0.1) is 10.2 Å². The van der Waals surface area contributed by atoms with Gasteiger partial charge in [-0.2, -0.15) is 0 Å². The zero-order valence-electron chi connectivity index (χ0n) is 15.7. The standard InChI is InChI=1S/C19H21N3O4S/c1-5-25-17(23)9-16-20-21-19(22(16)4)27-10-13-8-18(24)26-15-7-12(3)11(2)6-14(13)15/h6-8H,5,9-10H2,1-4H3. The van der Waals surface area contributed by atoms with Crippen LogP contribution in [0, 0.1) is 13.8 Å². The van der Waals surface area contributed by atoms with E-state index in [1.54, 1.807) is 11.5 Å². The number of carbonyl (C=O) groups is 1. The van der Waals surface area contributed by atoms with E-state index in [9.17, 15) is 9.59 Å². The number of aryl methyl sites for hydroxylation is 2. The molecule has 3 aromatic rings. The van der Waals surface area contributed by atoms with Crippen LogP contribution in [0.25, 0.3) is 11.0 Å². The number of thioether (sulfide) groups is 1. The van der Waals surface area contributed by atoms with Crippen LogP contribution in [0.5, 0.6) is 0 Å². The first kappa shape index (κ1) is 19.2. The monoisotopic (exact) mass is 387 g/mol. The maximum absolute atomic E-state index is 11.9. The summed E-state index contributed by atoms with van der Waals surface area (Å²) >= 11 is 1.45. The van der Waals surface area contributed by atoms with E-state index in [2.05, 4.69) is 10.2 Å². The van der Waals surface area contributed by atoms with E-state index < -0.39 is 0 Å². The number of esters is 1.